The van der Waals surface area contributed by atoms with Crippen LogP contribution in [0.2, 0.25) is 0 Å². The minimum absolute atomic E-state index is 0.0581. The molecule has 6 nitrogen and oxygen atoms in total. The van der Waals surface area contributed by atoms with Gasteiger partial charge in [0.25, 0.3) is 0 Å². The maximum Gasteiger partial charge on any atom is 0.229 e. The zero-order valence-corrected chi connectivity index (χ0v) is 13.1. The van der Waals surface area contributed by atoms with E-state index in [2.05, 4.69) is 15.7 Å². The molecule has 0 aliphatic carbocycles. The van der Waals surface area contributed by atoms with E-state index in [0.717, 1.165) is 42.1 Å². The monoisotopic (exact) mass is 312 g/mol. The number of nitrogens with zero attached hydrogens (tertiary/aromatic N) is 2. The first-order valence-corrected chi connectivity index (χ1v) is 7.96. The van der Waals surface area contributed by atoms with Crippen LogP contribution >= 0.6 is 0 Å². The average Bonchev–Trinajstić information content (AvgIpc) is 3.26. The van der Waals surface area contributed by atoms with Gasteiger partial charge in [-0.25, -0.2) is 0 Å². The molecule has 3 heterocycles. The van der Waals surface area contributed by atoms with Gasteiger partial charge in [0.2, 0.25) is 5.91 Å². The second-order valence-corrected chi connectivity index (χ2v) is 6.23. The van der Waals surface area contributed by atoms with Gasteiger partial charge < -0.3 is 15.4 Å². The Morgan fingerprint density at radius 1 is 1.43 bits per heavy atom. The predicted octanol–water partition coefficient (Wildman–Crippen LogP) is 1.30. The van der Waals surface area contributed by atoms with Gasteiger partial charge in [-0.1, -0.05) is 0 Å². The highest BCUT2D eigenvalue weighted by atomic mass is 16.5. The average molecular weight is 312 g/mol. The number of rotatable bonds is 3. The van der Waals surface area contributed by atoms with E-state index in [1.54, 1.807) is 4.68 Å². The number of anilines is 1. The lowest BCUT2D eigenvalue weighted by Crippen LogP contribution is -2.28. The number of hydrogen-bond donors (Lipinski definition) is 2. The topological polar surface area (TPSA) is 68.2 Å². The van der Waals surface area contributed by atoms with E-state index in [-0.39, 0.29) is 17.7 Å². The van der Waals surface area contributed by atoms with Crippen molar-refractivity contribution in [2.24, 2.45) is 13.0 Å². The third-order valence-corrected chi connectivity index (χ3v) is 4.66. The van der Waals surface area contributed by atoms with Gasteiger partial charge in [-0.15, -0.1) is 0 Å². The molecule has 2 aromatic rings. The Morgan fingerprint density at radius 2 is 2.35 bits per heavy atom. The largest absolute Gasteiger partial charge is 0.493 e. The van der Waals surface area contributed by atoms with E-state index in [1.165, 1.54) is 0 Å². The van der Waals surface area contributed by atoms with Gasteiger partial charge in [0, 0.05) is 44.4 Å². The molecule has 0 saturated carbocycles. The van der Waals surface area contributed by atoms with Crippen molar-refractivity contribution in [2.45, 2.75) is 12.3 Å². The summed E-state index contributed by atoms with van der Waals surface area (Å²) in [5, 5.41) is 10.6. The van der Waals surface area contributed by atoms with E-state index in [9.17, 15) is 4.79 Å². The van der Waals surface area contributed by atoms with Crippen molar-refractivity contribution in [2.75, 3.05) is 25.0 Å². The molecule has 23 heavy (non-hydrogen) atoms. The highest BCUT2D eigenvalue weighted by Crippen LogP contribution is 2.31. The zero-order chi connectivity index (χ0) is 15.8. The molecular weight excluding hydrogens is 292 g/mol. The summed E-state index contributed by atoms with van der Waals surface area (Å²) in [5.74, 6) is 1.08. The molecular formula is C17H20N4O2. The van der Waals surface area contributed by atoms with Gasteiger partial charge in [0.05, 0.1) is 18.7 Å². The van der Waals surface area contributed by atoms with Crippen molar-refractivity contribution >= 4 is 11.6 Å². The number of ether oxygens (including phenoxy) is 1. The molecule has 4 rings (SSSR count). The lowest BCUT2D eigenvalue weighted by molar-refractivity contribution is -0.119. The first-order chi connectivity index (χ1) is 11.2. The molecule has 120 valence electrons. The van der Waals surface area contributed by atoms with Crippen LogP contribution in [0.5, 0.6) is 5.75 Å². The van der Waals surface area contributed by atoms with E-state index in [1.807, 2.05) is 37.6 Å². The number of carbonyl (C=O) groups is 1. The Labute approximate surface area is 134 Å². The van der Waals surface area contributed by atoms with Crippen LogP contribution in [0.3, 0.4) is 0 Å². The quantitative estimate of drug-likeness (QED) is 0.896. The smallest absolute Gasteiger partial charge is 0.229 e. The second-order valence-electron chi connectivity index (χ2n) is 6.23. The number of amides is 1. The van der Waals surface area contributed by atoms with Crippen molar-refractivity contribution in [1.82, 2.24) is 15.1 Å². The van der Waals surface area contributed by atoms with Gasteiger partial charge in [-0.2, -0.15) is 5.10 Å². The van der Waals surface area contributed by atoms with Crippen LogP contribution in [0, 0.1) is 5.92 Å². The summed E-state index contributed by atoms with van der Waals surface area (Å²) in [6.07, 6.45) is 4.75. The first-order valence-electron chi connectivity index (χ1n) is 7.96. The maximum absolute atomic E-state index is 12.7. The molecule has 0 unspecified atom stereocenters. The van der Waals surface area contributed by atoms with Crippen LogP contribution in [0.1, 0.15) is 17.0 Å². The van der Waals surface area contributed by atoms with Gasteiger partial charge in [0.15, 0.2) is 0 Å². The number of hydrogen-bond acceptors (Lipinski definition) is 4. The summed E-state index contributed by atoms with van der Waals surface area (Å²) in [7, 11) is 1.90. The minimum Gasteiger partial charge on any atom is -0.493 e. The lowest BCUT2D eigenvalue weighted by Gasteiger charge is -2.17. The highest BCUT2D eigenvalue weighted by molar-refractivity contribution is 5.93. The maximum atomic E-state index is 12.7. The van der Waals surface area contributed by atoms with Crippen molar-refractivity contribution in [3.8, 4) is 5.75 Å². The van der Waals surface area contributed by atoms with Crippen LogP contribution in [-0.4, -0.2) is 35.4 Å². The van der Waals surface area contributed by atoms with Gasteiger partial charge >= 0.3 is 0 Å². The van der Waals surface area contributed by atoms with Crippen LogP contribution in [0.25, 0.3) is 0 Å². The van der Waals surface area contributed by atoms with Crippen LogP contribution in [-0.2, 0) is 18.3 Å². The fraction of sp³-hybridized carbons (Fsp3) is 0.412. The number of nitrogens with one attached hydrogen (secondary N) is 2. The Morgan fingerprint density at radius 3 is 3.17 bits per heavy atom. The van der Waals surface area contributed by atoms with Crippen molar-refractivity contribution in [3.05, 3.63) is 41.7 Å². The summed E-state index contributed by atoms with van der Waals surface area (Å²) in [6.45, 7) is 2.23. The number of aryl methyl sites for hydroxylation is 1. The number of benzene rings is 1. The molecule has 6 heteroatoms. The molecule has 2 aliphatic heterocycles. The van der Waals surface area contributed by atoms with Gasteiger partial charge in [-0.05, 0) is 29.3 Å². The zero-order valence-electron chi connectivity index (χ0n) is 13.1. The van der Waals surface area contributed by atoms with Crippen LogP contribution < -0.4 is 15.4 Å². The fourth-order valence-electron chi connectivity index (χ4n) is 3.44. The Bertz CT molecular complexity index is 740. The molecule has 2 aliphatic rings. The summed E-state index contributed by atoms with van der Waals surface area (Å²) in [6, 6.07) is 5.86. The molecule has 0 spiro atoms. The summed E-state index contributed by atoms with van der Waals surface area (Å²) >= 11 is 0. The summed E-state index contributed by atoms with van der Waals surface area (Å²) in [5.41, 5.74) is 3.12. The van der Waals surface area contributed by atoms with E-state index >= 15 is 0 Å². The molecule has 0 radical (unpaired) electrons. The third-order valence-electron chi connectivity index (χ3n) is 4.66. The van der Waals surface area contributed by atoms with Crippen molar-refractivity contribution < 1.29 is 9.53 Å². The van der Waals surface area contributed by atoms with E-state index in [0.29, 0.717) is 6.54 Å². The predicted molar refractivity (Wildman–Crippen MR) is 86.6 cm³/mol. The summed E-state index contributed by atoms with van der Waals surface area (Å²) in [4.78, 5) is 12.7. The van der Waals surface area contributed by atoms with Gasteiger partial charge in [0.1, 0.15) is 5.75 Å². The number of carbonyl (C=O) groups excluding carboxylic acids is 1. The second kappa shape index (κ2) is 5.70. The Balaban J connectivity index is 1.50. The molecule has 1 amide bonds. The minimum atomic E-state index is -0.0799. The number of aromatic nitrogens is 2. The molecule has 1 aromatic heterocycles. The first kappa shape index (κ1) is 14.3. The Hall–Kier alpha value is -2.34. The third kappa shape index (κ3) is 2.70. The van der Waals surface area contributed by atoms with Crippen LogP contribution in [0.4, 0.5) is 5.69 Å². The fourth-order valence-corrected chi connectivity index (χ4v) is 3.44. The normalized spacial score (nSPS) is 22.7. The molecule has 0 bridgehead atoms. The standard InChI is InChI=1S/C17H20N4O2/c1-21-10-12(7-19-21)14-8-18-9-15(14)17(22)20-13-2-3-16-11(6-13)4-5-23-16/h2-3,6-7,10,14-15,18H,4-5,8-9H2,1H3,(H,20,22)/t14-,15+/m1/s1. The van der Waals surface area contributed by atoms with Crippen molar-refractivity contribution in [1.29, 1.82) is 0 Å². The lowest BCUT2D eigenvalue weighted by atomic mass is 9.90. The van der Waals surface area contributed by atoms with Gasteiger partial charge in [-0.3, -0.25) is 9.48 Å². The number of fused-ring (bicyclic) bond motifs is 1. The summed E-state index contributed by atoms with van der Waals surface area (Å²) < 4.78 is 7.28. The molecule has 1 saturated heterocycles. The van der Waals surface area contributed by atoms with Crippen LogP contribution in [0.15, 0.2) is 30.6 Å². The van der Waals surface area contributed by atoms with E-state index in [4.69, 9.17) is 4.74 Å². The molecule has 1 fully saturated rings. The van der Waals surface area contributed by atoms with Crippen molar-refractivity contribution in [3.63, 3.8) is 0 Å². The Kier molecular flexibility index (Phi) is 3.53. The molecule has 2 atom stereocenters. The van der Waals surface area contributed by atoms with E-state index < -0.39 is 0 Å². The molecule has 1 aromatic carbocycles. The highest BCUT2D eigenvalue weighted by Gasteiger charge is 2.34. The molecule has 2 N–H and O–H groups in total. The SMILES string of the molecule is Cn1cc([C@H]2CNC[C@@H]2C(=O)Nc2ccc3c(c2)CCO3)cn1.